The number of aryl methyl sites for hydroxylation is 1. The third kappa shape index (κ3) is 3.68. The van der Waals surface area contributed by atoms with Crippen LogP contribution in [0.1, 0.15) is 37.3 Å². The smallest absolute Gasteiger partial charge is 0.0398 e. The number of nitrogens with zero attached hydrogens (tertiary/aromatic N) is 2. The Hall–Kier alpha value is -1.96. The van der Waals surface area contributed by atoms with Gasteiger partial charge in [0.05, 0.1) is 0 Å². The van der Waals surface area contributed by atoms with Crippen LogP contribution < -0.4 is 9.80 Å². The third-order valence-electron chi connectivity index (χ3n) is 5.92. The fourth-order valence-electron chi connectivity index (χ4n) is 4.47. The van der Waals surface area contributed by atoms with Gasteiger partial charge in [0.15, 0.2) is 0 Å². The molecule has 2 heterocycles. The van der Waals surface area contributed by atoms with E-state index in [1.165, 1.54) is 68.8 Å². The molecule has 0 aromatic heterocycles. The second kappa shape index (κ2) is 7.51. The lowest BCUT2D eigenvalue weighted by atomic mass is 9.97. The first kappa shape index (κ1) is 16.5. The summed E-state index contributed by atoms with van der Waals surface area (Å²) in [5.41, 5.74) is 5.90. The standard InChI is InChI=1S/C23H30N2/c1-2-19-8-7-10-22(17-19)25-15-12-20(18-25)16-21-9-3-4-11-23(21)24-13-5-6-14-24/h3-4,7-11,17,20H,2,5-6,12-16,18H2,1H3. The van der Waals surface area contributed by atoms with E-state index in [2.05, 4.69) is 65.3 Å². The van der Waals surface area contributed by atoms with Crippen molar-refractivity contribution in [2.24, 2.45) is 5.92 Å². The minimum absolute atomic E-state index is 0.772. The maximum atomic E-state index is 2.59. The summed E-state index contributed by atoms with van der Waals surface area (Å²) >= 11 is 0. The van der Waals surface area contributed by atoms with Crippen LogP contribution in [-0.2, 0) is 12.8 Å². The minimum Gasteiger partial charge on any atom is -0.371 e. The lowest BCUT2D eigenvalue weighted by Crippen LogP contribution is -2.22. The zero-order valence-corrected chi connectivity index (χ0v) is 15.5. The molecule has 0 saturated carbocycles. The zero-order valence-electron chi connectivity index (χ0n) is 15.5. The van der Waals surface area contributed by atoms with Crippen molar-refractivity contribution in [2.75, 3.05) is 36.0 Å². The van der Waals surface area contributed by atoms with Crippen LogP contribution in [0.3, 0.4) is 0 Å². The van der Waals surface area contributed by atoms with Gasteiger partial charge in [-0.2, -0.15) is 0 Å². The van der Waals surface area contributed by atoms with E-state index >= 15 is 0 Å². The highest BCUT2D eigenvalue weighted by Crippen LogP contribution is 2.31. The van der Waals surface area contributed by atoms with Crippen LogP contribution in [-0.4, -0.2) is 26.2 Å². The van der Waals surface area contributed by atoms with Crippen molar-refractivity contribution < 1.29 is 0 Å². The molecule has 1 unspecified atom stereocenters. The minimum atomic E-state index is 0.772. The summed E-state index contributed by atoms with van der Waals surface area (Å²) in [5.74, 6) is 0.772. The number of benzene rings is 2. The Kier molecular flexibility index (Phi) is 4.96. The van der Waals surface area contributed by atoms with E-state index in [4.69, 9.17) is 0 Å². The van der Waals surface area contributed by atoms with Crippen molar-refractivity contribution in [3.63, 3.8) is 0 Å². The van der Waals surface area contributed by atoms with E-state index in [0.29, 0.717) is 0 Å². The molecule has 2 fully saturated rings. The SMILES string of the molecule is CCc1cccc(N2CCC(Cc3ccccc3N3CCCC3)C2)c1. The third-order valence-corrected chi connectivity index (χ3v) is 5.92. The summed E-state index contributed by atoms with van der Waals surface area (Å²) in [6.07, 6.45) is 6.34. The van der Waals surface area contributed by atoms with E-state index in [1.807, 2.05) is 0 Å². The number of rotatable bonds is 5. The first-order valence-electron chi connectivity index (χ1n) is 10.00. The van der Waals surface area contributed by atoms with E-state index in [0.717, 1.165) is 12.3 Å². The molecular weight excluding hydrogens is 304 g/mol. The number of anilines is 2. The second-order valence-electron chi connectivity index (χ2n) is 7.65. The topological polar surface area (TPSA) is 6.48 Å². The molecule has 0 radical (unpaired) electrons. The van der Waals surface area contributed by atoms with Gasteiger partial charge in [-0.25, -0.2) is 0 Å². The molecule has 132 valence electrons. The van der Waals surface area contributed by atoms with Crippen LogP contribution in [0, 0.1) is 5.92 Å². The average Bonchev–Trinajstić information content (AvgIpc) is 3.34. The Bertz CT molecular complexity index is 703. The van der Waals surface area contributed by atoms with E-state index in [9.17, 15) is 0 Å². The van der Waals surface area contributed by atoms with Gasteiger partial charge >= 0.3 is 0 Å². The van der Waals surface area contributed by atoms with Gasteiger partial charge < -0.3 is 9.80 Å². The molecular formula is C23H30N2. The monoisotopic (exact) mass is 334 g/mol. The molecule has 0 aliphatic carbocycles. The molecule has 0 bridgehead atoms. The van der Waals surface area contributed by atoms with E-state index in [-0.39, 0.29) is 0 Å². The van der Waals surface area contributed by atoms with Gasteiger partial charge in [-0.1, -0.05) is 37.3 Å². The van der Waals surface area contributed by atoms with Gasteiger partial charge in [-0.05, 0) is 67.3 Å². The normalized spacial score (nSPS) is 20.4. The van der Waals surface area contributed by atoms with Crippen molar-refractivity contribution in [1.82, 2.24) is 0 Å². The van der Waals surface area contributed by atoms with E-state index < -0.39 is 0 Å². The van der Waals surface area contributed by atoms with Crippen LogP contribution in [0.2, 0.25) is 0 Å². The van der Waals surface area contributed by atoms with Gasteiger partial charge in [0, 0.05) is 37.6 Å². The summed E-state index contributed by atoms with van der Waals surface area (Å²) < 4.78 is 0. The van der Waals surface area contributed by atoms with Crippen LogP contribution in [0.25, 0.3) is 0 Å². The highest BCUT2D eigenvalue weighted by Gasteiger charge is 2.25. The highest BCUT2D eigenvalue weighted by atomic mass is 15.2. The Balaban J connectivity index is 1.44. The van der Waals surface area contributed by atoms with Crippen molar-refractivity contribution in [3.8, 4) is 0 Å². The Labute approximate surface area is 152 Å². The molecule has 2 heteroatoms. The summed E-state index contributed by atoms with van der Waals surface area (Å²) in [6.45, 7) is 7.10. The van der Waals surface area contributed by atoms with Gasteiger partial charge in [-0.15, -0.1) is 0 Å². The van der Waals surface area contributed by atoms with E-state index in [1.54, 1.807) is 5.56 Å². The molecule has 0 spiro atoms. The van der Waals surface area contributed by atoms with Crippen LogP contribution in [0.5, 0.6) is 0 Å². The predicted molar refractivity (Wildman–Crippen MR) is 108 cm³/mol. The average molecular weight is 335 g/mol. The Morgan fingerprint density at radius 3 is 2.60 bits per heavy atom. The van der Waals surface area contributed by atoms with Crippen molar-refractivity contribution in [1.29, 1.82) is 0 Å². The first-order chi connectivity index (χ1) is 12.3. The molecule has 0 amide bonds. The maximum absolute atomic E-state index is 2.59. The molecule has 1 atom stereocenters. The van der Waals surface area contributed by atoms with Gasteiger partial charge in [0.1, 0.15) is 0 Å². The number of para-hydroxylation sites is 1. The maximum Gasteiger partial charge on any atom is 0.0398 e. The number of hydrogen-bond donors (Lipinski definition) is 0. The molecule has 2 saturated heterocycles. The Morgan fingerprint density at radius 1 is 0.920 bits per heavy atom. The summed E-state index contributed by atoms with van der Waals surface area (Å²) in [6, 6.07) is 18.2. The molecule has 2 nitrogen and oxygen atoms in total. The van der Waals surface area contributed by atoms with Crippen molar-refractivity contribution >= 4 is 11.4 Å². The van der Waals surface area contributed by atoms with Crippen LogP contribution in [0.15, 0.2) is 48.5 Å². The zero-order chi connectivity index (χ0) is 17.1. The fraction of sp³-hybridized carbons (Fsp3) is 0.478. The molecule has 25 heavy (non-hydrogen) atoms. The van der Waals surface area contributed by atoms with Crippen molar-refractivity contribution in [3.05, 3.63) is 59.7 Å². The highest BCUT2D eigenvalue weighted by molar-refractivity contribution is 5.55. The van der Waals surface area contributed by atoms with Crippen LogP contribution in [0.4, 0.5) is 11.4 Å². The summed E-state index contributed by atoms with van der Waals surface area (Å²) in [5, 5.41) is 0. The van der Waals surface area contributed by atoms with Crippen LogP contribution >= 0.6 is 0 Å². The fourth-order valence-corrected chi connectivity index (χ4v) is 4.47. The molecule has 4 rings (SSSR count). The largest absolute Gasteiger partial charge is 0.371 e. The van der Waals surface area contributed by atoms with Gasteiger partial charge in [0.25, 0.3) is 0 Å². The first-order valence-corrected chi connectivity index (χ1v) is 10.00. The van der Waals surface area contributed by atoms with Gasteiger partial charge in [-0.3, -0.25) is 0 Å². The summed E-state index contributed by atoms with van der Waals surface area (Å²) in [4.78, 5) is 5.18. The predicted octanol–water partition coefficient (Wildman–Crippen LogP) is 4.92. The second-order valence-corrected chi connectivity index (χ2v) is 7.65. The lowest BCUT2D eigenvalue weighted by Gasteiger charge is -2.23. The quantitative estimate of drug-likeness (QED) is 0.766. The molecule has 2 aliphatic rings. The molecule has 2 aliphatic heterocycles. The molecule has 2 aromatic rings. The van der Waals surface area contributed by atoms with Gasteiger partial charge in [0.2, 0.25) is 0 Å². The Morgan fingerprint density at radius 2 is 1.76 bits per heavy atom. The summed E-state index contributed by atoms with van der Waals surface area (Å²) in [7, 11) is 0. The molecule has 2 aromatic carbocycles. The lowest BCUT2D eigenvalue weighted by molar-refractivity contribution is 0.586. The number of hydrogen-bond acceptors (Lipinski definition) is 2. The molecule has 0 N–H and O–H groups in total. The van der Waals surface area contributed by atoms with Crippen molar-refractivity contribution in [2.45, 2.75) is 39.0 Å².